The fraction of sp³-hybridized carbons (Fsp3) is 0.722. The molecule has 0 aliphatic heterocycles. The Hall–Kier alpha value is -1.85. The number of hydrogen-bond acceptors (Lipinski definition) is 4. The zero-order chi connectivity index (χ0) is 17.2. The zero-order valence-corrected chi connectivity index (χ0v) is 14.6. The van der Waals surface area contributed by atoms with Crippen LogP contribution in [0.1, 0.15) is 64.7 Å². The summed E-state index contributed by atoms with van der Waals surface area (Å²) in [6, 6.07) is 1.59. The maximum Gasteiger partial charge on any atom is 0.245 e. The first-order valence-electron chi connectivity index (χ1n) is 9.17. The lowest BCUT2D eigenvalue weighted by Crippen LogP contribution is -2.41. The summed E-state index contributed by atoms with van der Waals surface area (Å²) in [6.45, 7) is 2.90. The average Bonchev–Trinajstić information content (AvgIpc) is 3.08. The molecule has 0 saturated heterocycles. The highest BCUT2D eigenvalue weighted by Gasteiger charge is 2.22. The lowest BCUT2D eigenvalue weighted by Gasteiger charge is -2.29. The third-order valence-electron chi connectivity index (χ3n) is 4.59. The standard InChI is InChI=1S/C18H29N3O3/c1-2-3-5-10-18(23)21(13-15-8-6-4-7-9-15)14-17(22)19-16-11-12-24-20-16/h11-12,15H,2-10,13-14H2,1H3,(H,19,20,22). The van der Waals surface area contributed by atoms with Gasteiger partial charge in [-0.15, -0.1) is 0 Å². The van der Waals surface area contributed by atoms with E-state index >= 15 is 0 Å². The number of nitrogens with zero attached hydrogens (tertiary/aromatic N) is 2. The second-order valence-corrected chi connectivity index (χ2v) is 6.67. The van der Waals surface area contributed by atoms with Gasteiger partial charge in [0.1, 0.15) is 6.26 Å². The van der Waals surface area contributed by atoms with Crippen molar-refractivity contribution >= 4 is 17.6 Å². The molecule has 1 saturated carbocycles. The Morgan fingerprint density at radius 2 is 2.08 bits per heavy atom. The van der Waals surface area contributed by atoms with Crippen LogP contribution in [0.25, 0.3) is 0 Å². The van der Waals surface area contributed by atoms with Gasteiger partial charge in [-0.05, 0) is 25.2 Å². The first kappa shape index (κ1) is 18.5. The van der Waals surface area contributed by atoms with Gasteiger partial charge in [0, 0.05) is 19.0 Å². The second-order valence-electron chi connectivity index (χ2n) is 6.67. The number of unbranched alkanes of at least 4 members (excludes halogenated alkanes) is 2. The maximum absolute atomic E-state index is 12.5. The first-order chi connectivity index (χ1) is 11.7. The number of nitrogens with one attached hydrogen (secondary N) is 1. The third-order valence-corrected chi connectivity index (χ3v) is 4.59. The summed E-state index contributed by atoms with van der Waals surface area (Å²) < 4.78 is 4.71. The van der Waals surface area contributed by atoms with Crippen molar-refractivity contribution in [2.45, 2.75) is 64.7 Å². The monoisotopic (exact) mass is 335 g/mol. The molecule has 0 atom stereocenters. The minimum Gasteiger partial charge on any atom is -0.363 e. The Balaban J connectivity index is 1.89. The van der Waals surface area contributed by atoms with Crippen molar-refractivity contribution in [1.29, 1.82) is 0 Å². The third kappa shape index (κ3) is 6.34. The summed E-state index contributed by atoms with van der Waals surface area (Å²) in [6.07, 6.45) is 11.0. The van der Waals surface area contributed by atoms with Crippen LogP contribution in [0.4, 0.5) is 5.82 Å². The largest absolute Gasteiger partial charge is 0.363 e. The Kier molecular flexibility index (Phi) is 7.79. The van der Waals surface area contributed by atoms with Gasteiger partial charge in [0.05, 0.1) is 6.54 Å². The quantitative estimate of drug-likeness (QED) is 0.700. The van der Waals surface area contributed by atoms with Gasteiger partial charge in [0.2, 0.25) is 11.8 Å². The van der Waals surface area contributed by atoms with E-state index in [-0.39, 0.29) is 18.4 Å². The van der Waals surface area contributed by atoms with Gasteiger partial charge in [0.25, 0.3) is 0 Å². The van der Waals surface area contributed by atoms with Crippen LogP contribution in [0.15, 0.2) is 16.9 Å². The number of hydrogen-bond donors (Lipinski definition) is 1. The summed E-state index contributed by atoms with van der Waals surface area (Å²) in [5.41, 5.74) is 0. The lowest BCUT2D eigenvalue weighted by molar-refractivity contribution is -0.135. The molecule has 1 aromatic heterocycles. The van der Waals surface area contributed by atoms with Crippen LogP contribution in [-0.2, 0) is 9.59 Å². The predicted molar refractivity (Wildman–Crippen MR) is 92.4 cm³/mol. The number of carbonyl (C=O) groups excluding carboxylic acids is 2. The van der Waals surface area contributed by atoms with Gasteiger partial charge in [-0.25, -0.2) is 0 Å². The van der Waals surface area contributed by atoms with Gasteiger partial charge in [-0.2, -0.15) is 0 Å². The Morgan fingerprint density at radius 1 is 1.29 bits per heavy atom. The summed E-state index contributed by atoms with van der Waals surface area (Å²) in [4.78, 5) is 26.5. The molecule has 6 nitrogen and oxygen atoms in total. The Morgan fingerprint density at radius 3 is 2.75 bits per heavy atom. The molecule has 6 heteroatoms. The highest BCUT2D eigenvalue weighted by Crippen LogP contribution is 2.24. The molecule has 1 N–H and O–H groups in total. The zero-order valence-electron chi connectivity index (χ0n) is 14.6. The smallest absolute Gasteiger partial charge is 0.245 e. The first-order valence-corrected chi connectivity index (χ1v) is 9.17. The predicted octanol–water partition coefficient (Wildman–Crippen LogP) is 3.60. The average molecular weight is 335 g/mol. The van der Waals surface area contributed by atoms with Gasteiger partial charge in [0.15, 0.2) is 5.82 Å². The molecular formula is C18H29N3O3. The maximum atomic E-state index is 12.5. The second kappa shape index (κ2) is 10.1. The number of aromatic nitrogens is 1. The Bertz CT molecular complexity index is 496. The number of amides is 2. The molecule has 0 bridgehead atoms. The van der Waals surface area contributed by atoms with Crippen molar-refractivity contribution in [3.05, 3.63) is 12.3 Å². The Labute approximate surface area is 143 Å². The summed E-state index contributed by atoms with van der Waals surface area (Å²) >= 11 is 0. The van der Waals surface area contributed by atoms with Crippen LogP contribution in [0.3, 0.4) is 0 Å². The van der Waals surface area contributed by atoms with Crippen LogP contribution in [0, 0.1) is 5.92 Å². The molecule has 0 radical (unpaired) electrons. The van der Waals surface area contributed by atoms with E-state index in [1.807, 2.05) is 0 Å². The van der Waals surface area contributed by atoms with E-state index in [0.29, 0.717) is 24.7 Å². The molecule has 24 heavy (non-hydrogen) atoms. The number of carbonyl (C=O) groups is 2. The van der Waals surface area contributed by atoms with E-state index in [1.54, 1.807) is 11.0 Å². The SMILES string of the molecule is CCCCCC(=O)N(CC(=O)Nc1ccon1)CC1CCCCC1. The molecular weight excluding hydrogens is 306 g/mol. The van der Waals surface area contributed by atoms with Gasteiger partial charge < -0.3 is 14.7 Å². The lowest BCUT2D eigenvalue weighted by atomic mass is 9.89. The van der Waals surface area contributed by atoms with Gasteiger partial charge in [-0.1, -0.05) is 44.2 Å². The van der Waals surface area contributed by atoms with Crippen LogP contribution in [0.2, 0.25) is 0 Å². The molecule has 2 amide bonds. The number of anilines is 1. The van der Waals surface area contributed by atoms with Crippen molar-refractivity contribution in [2.75, 3.05) is 18.4 Å². The fourth-order valence-electron chi connectivity index (χ4n) is 3.25. The topological polar surface area (TPSA) is 75.4 Å². The fourth-order valence-corrected chi connectivity index (χ4v) is 3.25. The van der Waals surface area contributed by atoms with Crippen molar-refractivity contribution < 1.29 is 14.1 Å². The molecule has 134 valence electrons. The summed E-state index contributed by atoms with van der Waals surface area (Å²) in [7, 11) is 0. The molecule has 1 aliphatic carbocycles. The van der Waals surface area contributed by atoms with Crippen LogP contribution in [-0.4, -0.2) is 35.0 Å². The van der Waals surface area contributed by atoms with Crippen molar-refractivity contribution in [3.8, 4) is 0 Å². The van der Waals surface area contributed by atoms with Crippen LogP contribution in [0.5, 0.6) is 0 Å². The van der Waals surface area contributed by atoms with E-state index in [2.05, 4.69) is 17.4 Å². The molecule has 1 aliphatic rings. The van der Waals surface area contributed by atoms with E-state index in [9.17, 15) is 9.59 Å². The minimum atomic E-state index is -0.219. The van der Waals surface area contributed by atoms with Gasteiger partial charge >= 0.3 is 0 Å². The molecule has 2 rings (SSSR count). The summed E-state index contributed by atoms with van der Waals surface area (Å²) in [5, 5.41) is 6.35. The molecule has 0 aromatic carbocycles. The van der Waals surface area contributed by atoms with Crippen molar-refractivity contribution in [1.82, 2.24) is 10.1 Å². The molecule has 0 unspecified atom stereocenters. The normalized spacial score (nSPS) is 15.2. The van der Waals surface area contributed by atoms with Gasteiger partial charge in [-0.3, -0.25) is 9.59 Å². The van der Waals surface area contributed by atoms with E-state index in [1.165, 1.54) is 25.5 Å². The molecule has 1 fully saturated rings. The van der Waals surface area contributed by atoms with E-state index in [0.717, 1.165) is 32.1 Å². The van der Waals surface area contributed by atoms with E-state index in [4.69, 9.17) is 4.52 Å². The van der Waals surface area contributed by atoms with Crippen LogP contribution >= 0.6 is 0 Å². The van der Waals surface area contributed by atoms with Crippen molar-refractivity contribution in [3.63, 3.8) is 0 Å². The van der Waals surface area contributed by atoms with E-state index < -0.39 is 0 Å². The van der Waals surface area contributed by atoms with Crippen LogP contribution < -0.4 is 5.32 Å². The number of rotatable bonds is 9. The molecule has 0 spiro atoms. The molecule has 1 aromatic rings. The highest BCUT2D eigenvalue weighted by atomic mass is 16.5. The molecule has 1 heterocycles. The highest BCUT2D eigenvalue weighted by molar-refractivity contribution is 5.93. The van der Waals surface area contributed by atoms with Crippen molar-refractivity contribution in [2.24, 2.45) is 5.92 Å². The summed E-state index contributed by atoms with van der Waals surface area (Å²) in [5.74, 6) is 0.776. The minimum absolute atomic E-state index is 0.0873.